The number of carbonyl (C=O) groups is 2. The summed E-state index contributed by atoms with van der Waals surface area (Å²) in [5.41, 5.74) is 1.69. The van der Waals surface area contributed by atoms with Crippen molar-refractivity contribution in [2.45, 2.75) is 19.3 Å². The van der Waals surface area contributed by atoms with Crippen LogP contribution in [-0.4, -0.2) is 25.3 Å². The second-order valence-corrected chi connectivity index (χ2v) is 5.81. The van der Waals surface area contributed by atoms with Gasteiger partial charge in [0.25, 0.3) is 0 Å². The fourth-order valence-electron chi connectivity index (χ4n) is 2.23. The molecule has 5 heteroatoms. The van der Waals surface area contributed by atoms with E-state index in [1.165, 1.54) is 0 Å². The molecule has 0 saturated carbocycles. The lowest BCUT2D eigenvalue weighted by Gasteiger charge is -2.06. The highest BCUT2D eigenvalue weighted by Gasteiger charge is 2.09. The van der Waals surface area contributed by atoms with Crippen molar-refractivity contribution < 1.29 is 14.3 Å². The quantitative estimate of drug-likeness (QED) is 0.743. The lowest BCUT2D eigenvalue weighted by Crippen LogP contribution is -2.26. The van der Waals surface area contributed by atoms with Gasteiger partial charge in [0.05, 0.1) is 7.11 Å². The standard InChI is InChI=1S/C19H20ClNO3/c1-24-17-8-4-15(5-9-17)18(22)10-11-19(23)21-13-12-14-2-6-16(20)7-3-14/h2-9H,10-13H2,1H3,(H,21,23). The Labute approximate surface area is 146 Å². The summed E-state index contributed by atoms with van der Waals surface area (Å²) in [5.74, 6) is 0.530. The molecule has 1 amide bonds. The summed E-state index contributed by atoms with van der Waals surface area (Å²) in [6.45, 7) is 0.539. The summed E-state index contributed by atoms with van der Waals surface area (Å²) in [6, 6.07) is 14.4. The third-order valence-corrected chi connectivity index (χ3v) is 3.89. The molecule has 0 spiro atoms. The van der Waals surface area contributed by atoms with E-state index in [9.17, 15) is 9.59 Å². The Morgan fingerprint density at radius 3 is 2.29 bits per heavy atom. The van der Waals surface area contributed by atoms with E-state index in [2.05, 4.69) is 5.32 Å². The van der Waals surface area contributed by atoms with Crippen molar-refractivity contribution in [1.82, 2.24) is 5.32 Å². The van der Waals surface area contributed by atoms with Crippen molar-refractivity contribution in [1.29, 1.82) is 0 Å². The summed E-state index contributed by atoms with van der Waals surface area (Å²) < 4.78 is 5.05. The van der Waals surface area contributed by atoms with E-state index in [-0.39, 0.29) is 24.5 Å². The molecule has 0 aliphatic rings. The van der Waals surface area contributed by atoms with Crippen molar-refractivity contribution in [2.24, 2.45) is 0 Å². The smallest absolute Gasteiger partial charge is 0.220 e. The third kappa shape index (κ3) is 5.70. The van der Waals surface area contributed by atoms with Crippen LogP contribution in [0.15, 0.2) is 48.5 Å². The van der Waals surface area contributed by atoms with E-state index in [0.29, 0.717) is 22.9 Å². The molecule has 126 valence electrons. The summed E-state index contributed by atoms with van der Waals surface area (Å²) >= 11 is 5.83. The highest BCUT2D eigenvalue weighted by molar-refractivity contribution is 6.30. The van der Waals surface area contributed by atoms with Gasteiger partial charge in [-0.05, 0) is 48.4 Å². The van der Waals surface area contributed by atoms with Crippen LogP contribution in [0.1, 0.15) is 28.8 Å². The number of carbonyl (C=O) groups excluding carboxylic acids is 2. The van der Waals surface area contributed by atoms with Gasteiger partial charge in [0, 0.05) is 30.0 Å². The first-order valence-electron chi connectivity index (χ1n) is 7.77. The van der Waals surface area contributed by atoms with Gasteiger partial charge in [0.2, 0.25) is 5.91 Å². The van der Waals surface area contributed by atoms with Gasteiger partial charge in [-0.25, -0.2) is 0 Å². The van der Waals surface area contributed by atoms with Crippen molar-refractivity contribution in [3.63, 3.8) is 0 Å². The zero-order valence-corrected chi connectivity index (χ0v) is 14.3. The Hall–Kier alpha value is -2.33. The Bertz CT molecular complexity index is 681. The van der Waals surface area contributed by atoms with Gasteiger partial charge >= 0.3 is 0 Å². The van der Waals surface area contributed by atoms with E-state index in [0.717, 1.165) is 12.0 Å². The SMILES string of the molecule is COc1ccc(C(=O)CCC(=O)NCCc2ccc(Cl)cc2)cc1. The highest BCUT2D eigenvalue weighted by atomic mass is 35.5. The van der Waals surface area contributed by atoms with E-state index in [4.69, 9.17) is 16.3 Å². The average Bonchev–Trinajstić information content (AvgIpc) is 2.61. The van der Waals surface area contributed by atoms with Crippen LogP contribution in [0.4, 0.5) is 0 Å². The van der Waals surface area contributed by atoms with Crippen LogP contribution in [-0.2, 0) is 11.2 Å². The minimum Gasteiger partial charge on any atom is -0.497 e. The predicted molar refractivity (Wildman–Crippen MR) is 94.7 cm³/mol. The van der Waals surface area contributed by atoms with Crippen molar-refractivity contribution >= 4 is 23.3 Å². The lowest BCUT2D eigenvalue weighted by molar-refractivity contribution is -0.121. The molecule has 2 aromatic rings. The van der Waals surface area contributed by atoms with Gasteiger partial charge < -0.3 is 10.1 Å². The molecule has 24 heavy (non-hydrogen) atoms. The number of rotatable bonds is 8. The maximum Gasteiger partial charge on any atom is 0.220 e. The second-order valence-electron chi connectivity index (χ2n) is 5.38. The average molecular weight is 346 g/mol. The molecular formula is C19H20ClNO3. The first kappa shape index (κ1) is 18.0. The lowest BCUT2D eigenvalue weighted by atomic mass is 10.1. The number of amides is 1. The van der Waals surface area contributed by atoms with Gasteiger partial charge in [-0.3, -0.25) is 9.59 Å². The highest BCUT2D eigenvalue weighted by Crippen LogP contribution is 2.13. The number of hydrogen-bond donors (Lipinski definition) is 1. The van der Waals surface area contributed by atoms with Gasteiger partial charge in [0.1, 0.15) is 5.75 Å². The normalized spacial score (nSPS) is 10.2. The van der Waals surface area contributed by atoms with Crippen molar-refractivity contribution in [2.75, 3.05) is 13.7 Å². The monoisotopic (exact) mass is 345 g/mol. The number of methoxy groups -OCH3 is 1. The topological polar surface area (TPSA) is 55.4 Å². The van der Waals surface area contributed by atoms with Crippen molar-refractivity contribution in [3.05, 3.63) is 64.7 Å². The first-order valence-corrected chi connectivity index (χ1v) is 8.14. The zero-order valence-electron chi connectivity index (χ0n) is 13.5. The van der Waals surface area contributed by atoms with E-state index >= 15 is 0 Å². The van der Waals surface area contributed by atoms with Crippen LogP contribution in [0.5, 0.6) is 5.75 Å². The summed E-state index contributed by atoms with van der Waals surface area (Å²) in [6.07, 6.45) is 1.11. The van der Waals surface area contributed by atoms with Gasteiger partial charge in [-0.15, -0.1) is 0 Å². The van der Waals surface area contributed by atoms with Crippen LogP contribution in [0.25, 0.3) is 0 Å². The zero-order chi connectivity index (χ0) is 17.4. The molecule has 0 heterocycles. The molecule has 0 saturated heterocycles. The third-order valence-electron chi connectivity index (χ3n) is 3.64. The molecule has 0 atom stereocenters. The number of ether oxygens (including phenoxy) is 1. The largest absolute Gasteiger partial charge is 0.497 e. The Morgan fingerprint density at radius 1 is 1.00 bits per heavy atom. The summed E-state index contributed by atoms with van der Waals surface area (Å²) in [5, 5.41) is 3.52. The summed E-state index contributed by atoms with van der Waals surface area (Å²) in [4.78, 5) is 23.9. The molecule has 0 unspecified atom stereocenters. The molecular weight excluding hydrogens is 326 g/mol. The minimum absolute atomic E-state index is 0.0505. The van der Waals surface area contributed by atoms with E-state index in [1.807, 2.05) is 24.3 Å². The predicted octanol–water partition coefficient (Wildman–Crippen LogP) is 3.67. The number of ketones is 1. The first-order chi connectivity index (χ1) is 11.6. The minimum atomic E-state index is -0.120. The maximum atomic E-state index is 12.0. The molecule has 4 nitrogen and oxygen atoms in total. The van der Waals surface area contributed by atoms with Crippen LogP contribution >= 0.6 is 11.6 Å². The molecule has 2 aromatic carbocycles. The molecule has 0 aliphatic carbocycles. The van der Waals surface area contributed by atoms with E-state index in [1.54, 1.807) is 31.4 Å². The molecule has 0 radical (unpaired) electrons. The summed E-state index contributed by atoms with van der Waals surface area (Å²) in [7, 11) is 1.57. The van der Waals surface area contributed by atoms with Crippen LogP contribution in [0, 0.1) is 0 Å². The Kier molecular flexibility index (Phi) is 6.82. The van der Waals surface area contributed by atoms with Gasteiger partial charge in [-0.2, -0.15) is 0 Å². The molecule has 0 fully saturated rings. The number of nitrogens with one attached hydrogen (secondary N) is 1. The Balaban J connectivity index is 1.70. The molecule has 2 rings (SSSR count). The molecule has 1 N–H and O–H groups in total. The van der Waals surface area contributed by atoms with Gasteiger partial charge in [-0.1, -0.05) is 23.7 Å². The molecule has 0 aliphatic heterocycles. The fraction of sp³-hybridized carbons (Fsp3) is 0.263. The number of Topliss-reactive ketones (excluding diaryl/α,β-unsaturated/α-hetero) is 1. The maximum absolute atomic E-state index is 12.0. The second kappa shape index (κ2) is 9.08. The van der Waals surface area contributed by atoms with E-state index < -0.39 is 0 Å². The number of hydrogen-bond acceptors (Lipinski definition) is 3. The number of benzene rings is 2. The van der Waals surface area contributed by atoms with Gasteiger partial charge in [0.15, 0.2) is 5.78 Å². The Morgan fingerprint density at radius 2 is 1.67 bits per heavy atom. The molecule has 0 bridgehead atoms. The molecule has 0 aromatic heterocycles. The van der Waals surface area contributed by atoms with Crippen LogP contribution < -0.4 is 10.1 Å². The van der Waals surface area contributed by atoms with Crippen LogP contribution in [0.3, 0.4) is 0 Å². The van der Waals surface area contributed by atoms with Crippen molar-refractivity contribution in [3.8, 4) is 5.75 Å². The van der Waals surface area contributed by atoms with Crippen LogP contribution in [0.2, 0.25) is 5.02 Å². The fourth-order valence-corrected chi connectivity index (χ4v) is 2.36. The number of halogens is 1.